The summed E-state index contributed by atoms with van der Waals surface area (Å²) in [7, 11) is 1.68. The highest BCUT2D eigenvalue weighted by atomic mass is 35.5. The molecule has 1 spiro atoms. The van der Waals surface area contributed by atoms with Gasteiger partial charge in [0.25, 0.3) is 5.79 Å². The van der Waals surface area contributed by atoms with Crippen molar-refractivity contribution in [3.63, 3.8) is 0 Å². The van der Waals surface area contributed by atoms with Gasteiger partial charge in [-0.15, -0.1) is 0 Å². The van der Waals surface area contributed by atoms with E-state index in [2.05, 4.69) is 0 Å². The standard InChI is InChI=1S/C22H29ClO6/c1-3-26-19-10-15(4-5-18(19)23)22(25-2)21(28-29-22)16-8-14-9-17(21)13-20(11-14,12-16)27-7-6-24/h4-5,10,14,16-17,24H,3,6-9,11-13H2,1-2H3. The SMILES string of the molecule is CCOc1cc(C2(OC)OOC23C2CC4CC3CC(OCCO)(C4)C2)ccc1Cl. The van der Waals surface area contributed by atoms with Crippen molar-refractivity contribution >= 4 is 11.6 Å². The van der Waals surface area contributed by atoms with Gasteiger partial charge in [-0.25, -0.2) is 4.89 Å². The smallest absolute Gasteiger partial charge is 0.260 e. The van der Waals surface area contributed by atoms with Crippen LogP contribution in [0.15, 0.2) is 18.2 Å². The van der Waals surface area contributed by atoms with E-state index in [1.54, 1.807) is 7.11 Å². The average molecular weight is 425 g/mol. The molecule has 1 N–H and O–H groups in total. The molecule has 1 saturated heterocycles. The third kappa shape index (κ3) is 2.66. The lowest BCUT2D eigenvalue weighted by Gasteiger charge is -2.70. The number of methoxy groups -OCH3 is 1. The molecule has 6 nitrogen and oxygen atoms in total. The summed E-state index contributed by atoms with van der Waals surface area (Å²) in [6.07, 6.45) is 5.05. The Morgan fingerprint density at radius 3 is 2.52 bits per heavy atom. The van der Waals surface area contributed by atoms with E-state index in [1.807, 2.05) is 25.1 Å². The maximum atomic E-state index is 9.28. The zero-order valence-corrected chi connectivity index (χ0v) is 17.7. The first-order chi connectivity index (χ1) is 14.0. The maximum absolute atomic E-state index is 9.28. The van der Waals surface area contributed by atoms with Crippen LogP contribution in [0.3, 0.4) is 0 Å². The van der Waals surface area contributed by atoms with E-state index in [9.17, 15) is 5.11 Å². The third-order valence-corrected chi connectivity index (χ3v) is 7.87. The van der Waals surface area contributed by atoms with Gasteiger partial charge < -0.3 is 19.3 Å². The van der Waals surface area contributed by atoms with Gasteiger partial charge in [-0.3, -0.25) is 0 Å². The molecule has 0 amide bonds. The average Bonchev–Trinajstić information content (AvgIpc) is 2.68. The summed E-state index contributed by atoms with van der Waals surface area (Å²) in [6, 6.07) is 5.70. The number of benzene rings is 1. The van der Waals surface area contributed by atoms with Crippen molar-refractivity contribution in [2.75, 3.05) is 26.9 Å². The number of hydrogen-bond donors (Lipinski definition) is 1. The minimum atomic E-state index is -0.982. The molecule has 3 unspecified atom stereocenters. The summed E-state index contributed by atoms with van der Waals surface area (Å²) in [6.45, 7) is 2.91. The molecule has 3 atom stereocenters. The Kier molecular flexibility index (Phi) is 4.89. The Labute approximate surface area is 176 Å². The van der Waals surface area contributed by atoms with Gasteiger partial charge in [0.15, 0.2) is 5.60 Å². The maximum Gasteiger partial charge on any atom is 0.260 e. The molecule has 7 heteroatoms. The molecule has 4 aliphatic carbocycles. The second-order valence-corrected chi connectivity index (χ2v) is 9.36. The van der Waals surface area contributed by atoms with Crippen molar-refractivity contribution < 1.29 is 29.1 Å². The molecule has 5 fully saturated rings. The molecule has 1 heterocycles. The predicted molar refractivity (Wildman–Crippen MR) is 106 cm³/mol. The van der Waals surface area contributed by atoms with Gasteiger partial charge in [0.2, 0.25) is 0 Å². The largest absolute Gasteiger partial charge is 0.492 e. The minimum absolute atomic E-state index is 0.0551. The van der Waals surface area contributed by atoms with E-state index < -0.39 is 11.4 Å². The number of ether oxygens (including phenoxy) is 3. The van der Waals surface area contributed by atoms with Crippen molar-refractivity contribution in [3.8, 4) is 5.75 Å². The van der Waals surface area contributed by atoms with Crippen molar-refractivity contribution in [2.24, 2.45) is 17.8 Å². The van der Waals surface area contributed by atoms with Crippen LogP contribution < -0.4 is 4.74 Å². The van der Waals surface area contributed by atoms with Crippen molar-refractivity contribution in [2.45, 2.75) is 56.0 Å². The van der Waals surface area contributed by atoms with Crippen LogP contribution in [0.2, 0.25) is 5.02 Å². The van der Waals surface area contributed by atoms with E-state index in [0.717, 1.165) is 37.7 Å². The molecule has 1 aromatic rings. The molecule has 4 bridgehead atoms. The number of halogens is 1. The highest BCUT2D eigenvalue weighted by molar-refractivity contribution is 6.32. The molecular formula is C22H29ClO6. The summed E-state index contributed by atoms with van der Waals surface area (Å²) in [5.41, 5.74) is 0.179. The second kappa shape index (κ2) is 7.08. The zero-order valence-electron chi connectivity index (χ0n) is 17.0. The van der Waals surface area contributed by atoms with Crippen LogP contribution in [0.4, 0.5) is 0 Å². The molecule has 1 aromatic carbocycles. The Balaban J connectivity index is 1.52. The van der Waals surface area contributed by atoms with Crippen LogP contribution >= 0.6 is 11.6 Å². The number of hydrogen-bond acceptors (Lipinski definition) is 6. The molecule has 5 aliphatic rings. The van der Waals surface area contributed by atoms with Crippen LogP contribution in [0, 0.1) is 17.8 Å². The topological polar surface area (TPSA) is 66.4 Å². The summed E-state index contributed by atoms with van der Waals surface area (Å²) in [5, 5.41) is 9.84. The first-order valence-electron chi connectivity index (χ1n) is 10.6. The molecule has 1 aliphatic heterocycles. The van der Waals surface area contributed by atoms with Crippen molar-refractivity contribution in [1.82, 2.24) is 0 Å². The fraction of sp³-hybridized carbons (Fsp3) is 0.727. The molecule has 0 aromatic heterocycles. The first-order valence-corrected chi connectivity index (χ1v) is 11.0. The van der Waals surface area contributed by atoms with Crippen LogP contribution in [0.1, 0.15) is 44.6 Å². The van der Waals surface area contributed by atoms with Gasteiger partial charge in [-0.1, -0.05) is 17.7 Å². The third-order valence-electron chi connectivity index (χ3n) is 7.56. The Bertz CT molecular complexity index is 765. The fourth-order valence-electron chi connectivity index (χ4n) is 6.78. The summed E-state index contributed by atoms with van der Waals surface area (Å²) >= 11 is 6.32. The van der Waals surface area contributed by atoms with E-state index in [1.165, 1.54) is 0 Å². The second-order valence-electron chi connectivity index (χ2n) is 8.96. The van der Waals surface area contributed by atoms with Crippen LogP contribution in [0.5, 0.6) is 5.75 Å². The lowest BCUT2D eigenvalue weighted by atomic mass is 9.45. The number of rotatable bonds is 7. The Morgan fingerprint density at radius 2 is 1.93 bits per heavy atom. The van der Waals surface area contributed by atoms with Gasteiger partial charge in [0.1, 0.15) is 5.75 Å². The Morgan fingerprint density at radius 1 is 1.17 bits per heavy atom. The van der Waals surface area contributed by atoms with E-state index in [0.29, 0.717) is 29.9 Å². The van der Waals surface area contributed by atoms with Gasteiger partial charge in [0.05, 0.1) is 30.4 Å². The summed E-state index contributed by atoms with van der Waals surface area (Å²) in [4.78, 5) is 11.9. The molecular weight excluding hydrogens is 396 g/mol. The van der Waals surface area contributed by atoms with E-state index >= 15 is 0 Å². The highest BCUT2D eigenvalue weighted by Crippen LogP contribution is 2.70. The fourth-order valence-corrected chi connectivity index (χ4v) is 6.95. The van der Waals surface area contributed by atoms with Crippen LogP contribution in [0.25, 0.3) is 0 Å². The molecule has 29 heavy (non-hydrogen) atoms. The Hall–Kier alpha value is -0.890. The van der Waals surface area contributed by atoms with Gasteiger partial charge in [-0.2, -0.15) is 4.89 Å². The monoisotopic (exact) mass is 424 g/mol. The number of aliphatic hydroxyl groups excluding tert-OH is 1. The highest BCUT2D eigenvalue weighted by Gasteiger charge is 2.78. The summed E-state index contributed by atoms with van der Waals surface area (Å²) < 4.78 is 18.0. The predicted octanol–water partition coefficient (Wildman–Crippen LogP) is 3.83. The van der Waals surface area contributed by atoms with Gasteiger partial charge in [0, 0.05) is 24.5 Å². The zero-order chi connectivity index (χ0) is 20.3. The van der Waals surface area contributed by atoms with E-state index in [4.69, 9.17) is 35.6 Å². The van der Waals surface area contributed by atoms with Crippen molar-refractivity contribution in [3.05, 3.63) is 28.8 Å². The molecule has 4 saturated carbocycles. The lowest BCUT2D eigenvalue weighted by Crippen LogP contribution is -2.78. The quantitative estimate of drug-likeness (QED) is 0.671. The lowest BCUT2D eigenvalue weighted by molar-refractivity contribution is -0.647. The normalized spacial score (nSPS) is 42.3. The van der Waals surface area contributed by atoms with Crippen molar-refractivity contribution in [1.29, 1.82) is 0 Å². The first kappa shape index (κ1) is 20.0. The molecule has 160 valence electrons. The minimum Gasteiger partial charge on any atom is -0.492 e. The molecule has 0 radical (unpaired) electrons. The molecule has 6 rings (SSSR count). The van der Waals surface area contributed by atoms with Crippen LogP contribution in [-0.2, 0) is 25.0 Å². The summed E-state index contributed by atoms with van der Waals surface area (Å²) in [5.74, 6) is 0.810. The van der Waals surface area contributed by atoms with Crippen LogP contribution in [-0.4, -0.2) is 43.2 Å². The van der Waals surface area contributed by atoms with Gasteiger partial charge >= 0.3 is 0 Å². The van der Waals surface area contributed by atoms with E-state index in [-0.39, 0.29) is 24.0 Å². The number of aliphatic hydroxyl groups is 1. The van der Waals surface area contributed by atoms with Gasteiger partial charge in [-0.05, 0) is 57.1 Å².